The fourth-order valence-corrected chi connectivity index (χ4v) is 4.80. The first kappa shape index (κ1) is 23.1. The third-order valence-corrected chi connectivity index (χ3v) is 6.35. The van der Waals surface area contributed by atoms with E-state index in [9.17, 15) is 22.8 Å². The Labute approximate surface area is 183 Å². The van der Waals surface area contributed by atoms with Crippen LogP contribution >= 0.6 is 11.3 Å². The smallest absolute Gasteiger partial charge is 0.471 e. The van der Waals surface area contributed by atoms with Crippen LogP contribution in [0.2, 0.25) is 0 Å². The molecule has 1 aliphatic rings. The number of ether oxygens (including phenoxy) is 1. The Bertz CT molecular complexity index is 923. The minimum Gasteiger partial charge on any atom is -0.495 e. The standard InChI is InChI=1S/C22H25F3N2O3S/c1-14-12-13-18(31-14)19(20(28)26-15-8-4-3-5-9-15)27(21(29)22(23,24)25)16-10-6-7-11-17(16)30-2/h6-7,10-13,15,19H,3-5,8-9H2,1-2H3,(H,26,28)/t19-/m0/s1. The molecule has 0 saturated heterocycles. The molecule has 0 spiro atoms. The monoisotopic (exact) mass is 454 g/mol. The molecule has 0 radical (unpaired) electrons. The molecule has 2 aromatic rings. The molecule has 1 fully saturated rings. The van der Waals surface area contributed by atoms with Crippen LogP contribution in [-0.4, -0.2) is 31.1 Å². The number of carbonyl (C=O) groups is 2. The highest BCUT2D eigenvalue weighted by molar-refractivity contribution is 7.12. The van der Waals surface area contributed by atoms with Crippen LogP contribution < -0.4 is 15.0 Å². The van der Waals surface area contributed by atoms with Gasteiger partial charge in [-0.3, -0.25) is 14.5 Å². The number of nitrogens with zero attached hydrogens (tertiary/aromatic N) is 1. The van der Waals surface area contributed by atoms with Crippen LogP contribution in [0.1, 0.15) is 47.9 Å². The van der Waals surface area contributed by atoms with E-state index in [1.54, 1.807) is 25.1 Å². The van der Waals surface area contributed by atoms with Crippen molar-refractivity contribution in [3.63, 3.8) is 0 Å². The zero-order valence-electron chi connectivity index (χ0n) is 17.4. The van der Waals surface area contributed by atoms with Crippen LogP contribution in [0.15, 0.2) is 36.4 Å². The molecule has 0 bridgehead atoms. The fourth-order valence-electron chi connectivity index (χ4n) is 3.83. The van der Waals surface area contributed by atoms with Gasteiger partial charge in [0.25, 0.3) is 0 Å². The largest absolute Gasteiger partial charge is 0.495 e. The van der Waals surface area contributed by atoms with Gasteiger partial charge in [-0.05, 0) is 44.0 Å². The minimum atomic E-state index is -5.17. The molecule has 1 aromatic heterocycles. The van der Waals surface area contributed by atoms with Crippen LogP contribution in [-0.2, 0) is 9.59 Å². The number of rotatable bonds is 6. The first-order chi connectivity index (χ1) is 14.7. The van der Waals surface area contributed by atoms with E-state index in [1.165, 1.54) is 36.6 Å². The number of hydrogen-bond acceptors (Lipinski definition) is 4. The maximum absolute atomic E-state index is 13.7. The number of carbonyl (C=O) groups excluding carboxylic acids is 2. The number of benzene rings is 1. The van der Waals surface area contributed by atoms with Crippen LogP contribution in [0.4, 0.5) is 18.9 Å². The van der Waals surface area contributed by atoms with Gasteiger partial charge in [0.15, 0.2) is 6.04 Å². The van der Waals surface area contributed by atoms with E-state index < -0.39 is 24.0 Å². The molecule has 1 aliphatic carbocycles. The molecule has 1 saturated carbocycles. The average Bonchev–Trinajstić information content (AvgIpc) is 3.17. The summed E-state index contributed by atoms with van der Waals surface area (Å²) >= 11 is 1.19. The topological polar surface area (TPSA) is 58.6 Å². The number of para-hydroxylation sites is 2. The van der Waals surface area contributed by atoms with Crippen LogP contribution in [0, 0.1) is 6.92 Å². The number of hydrogen-bond donors (Lipinski definition) is 1. The lowest BCUT2D eigenvalue weighted by molar-refractivity contribution is -0.171. The number of halogens is 3. The summed E-state index contributed by atoms with van der Waals surface area (Å²) in [6.45, 7) is 1.79. The lowest BCUT2D eigenvalue weighted by atomic mass is 9.95. The van der Waals surface area contributed by atoms with Gasteiger partial charge in [0, 0.05) is 15.8 Å². The Balaban J connectivity index is 2.10. The number of thiophene rings is 1. The van der Waals surface area contributed by atoms with Gasteiger partial charge in [0.1, 0.15) is 5.75 Å². The second-order valence-electron chi connectivity index (χ2n) is 7.54. The summed E-state index contributed by atoms with van der Waals surface area (Å²) in [5, 5.41) is 2.89. The Hall–Kier alpha value is -2.55. The molecule has 1 N–H and O–H groups in total. The van der Waals surface area contributed by atoms with Gasteiger partial charge >= 0.3 is 12.1 Å². The molecule has 1 heterocycles. The highest BCUT2D eigenvalue weighted by Crippen LogP contribution is 2.39. The average molecular weight is 455 g/mol. The maximum atomic E-state index is 13.7. The summed E-state index contributed by atoms with van der Waals surface area (Å²) in [4.78, 5) is 27.7. The Kier molecular flexibility index (Phi) is 7.25. The van der Waals surface area contributed by atoms with Crippen molar-refractivity contribution in [2.24, 2.45) is 0 Å². The first-order valence-electron chi connectivity index (χ1n) is 10.1. The lowest BCUT2D eigenvalue weighted by Gasteiger charge is -2.33. The number of anilines is 1. The van der Waals surface area contributed by atoms with E-state index in [-0.39, 0.29) is 17.5 Å². The van der Waals surface area contributed by atoms with Gasteiger partial charge in [-0.25, -0.2) is 0 Å². The highest BCUT2D eigenvalue weighted by atomic mass is 32.1. The van der Waals surface area contributed by atoms with Gasteiger partial charge in [0.05, 0.1) is 12.8 Å². The molecular weight excluding hydrogens is 429 g/mol. The fraction of sp³-hybridized carbons (Fsp3) is 0.455. The van der Waals surface area contributed by atoms with Crippen molar-refractivity contribution in [1.29, 1.82) is 0 Å². The van der Waals surface area contributed by atoms with E-state index in [4.69, 9.17) is 4.74 Å². The van der Waals surface area contributed by atoms with Crippen LogP contribution in [0.25, 0.3) is 0 Å². The maximum Gasteiger partial charge on any atom is 0.471 e. The molecule has 3 rings (SSSR count). The molecule has 9 heteroatoms. The predicted molar refractivity (Wildman–Crippen MR) is 113 cm³/mol. The Morgan fingerprint density at radius 1 is 1.13 bits per heavy atom. The lowest BCUT2D eigenvalue weighted by Crippen LogP contribution is -2.50. The van der Waals surface area contributed by atoms with Gasteiger partial charge in [0.2, 0.25) is 5.91 Å². The molecule has 1 atom stereocenters. The van der Waals surface area contributed by atoms with Crippen molar-refractivity contribution in [2.75, 3.05) is 12.0 Å². The van der Waals surface area contributed by atoms with Crippen molar-refractivity contribution in [3.05, 3.63) is 46.2 Å². The van der Waals surface area contributed by atoms with Crippen molar-refractivity contribution in [3.8, 4) is 5.75 Å². The molecule has 0 unspecified atom stereocenters. The van der Waals surface area contributed by atoms with E-state index >= 15 is 0 Å². The van der Waals surface area contributed by atoms with Crippen molar-refractivity contribution >= 4 is 28.8 Å². The number of amides is 2. The van der Waals surface area contributed by atoms with Crippen molar-refractivity contribution in [2.45, 2.75) is 57.3 Å². The highest BCUT2D eigenvalue weighted by Gasteiger charge is 2.48. The summed E-state index contributed by atoms with van der Waals surface area (Å²) in [5.41, 5.74) is -0.109. The van der Waals surface area contributed by atoms with Gasteiger partial charge in [-0.2, -0.15) is 13.2 Å². The van der Waals surface area contributed by atoms with E-state index in [2.05, 4.69) is 5.32 Å². The summed E-state index contributed by atoms with van der Waals surface area (Å²) < 4.78 is 46.2. The Morgan fingerprint density at radius 2 is 1.81 bits per heavy atom. The summed E-state index contributed by atoms with van der Waals surface area (Å²) in [6.07, 6.45) is -0.666. The molecule has 1 aromatic carbocycles. The predicted octanol–water partition coefficient (Wildman–Crippen LogP) is 5.15. The number of alkyl halides is 3. The number of nitrogens with one attached hydrogen (secondary N) is 1. The molecule has 31 heavy (non-hydrogen) atoms. The first-order valence-corrected chi connectivity index (χ1v) is 10.9. The second-order valence-corrected chi connectivity index (χ2v) is 8.86. The third kappa shape index (κ3) is 5.39. The van der Waals surface area contributed by atoms with Gasteiger partial charge < -0.3 is 10.1 Å². The Morgan fingerprint density at radius 3 is 2.39 bits per heavy atom. The quantitative estimate of drug-likeness (QED) is 0.657. The van der Waals surface area contributed by atoms with E-state index in [1.807, 2.05) is 0 Å². The minimum absolute atomic E-state index is 0.0730. The normalized spacial score (nSPS) is 15.9. The van der Waals surface area contributed by atoms with Crippen LogP contribution in [0.5, 0.6) is 5.75 Å². The zero-order valence-corrected chi connectivity index (χ0v) is 18.2. The van der Waals surface area contributed by atoms with E-state index in [0.717, 1.165) is 37.0 Å². The van der Waals surface area contributed by atoms with Gasteiger partial charge in [-0.15, -0.1) is 11.3 Å². The summed E-state index contributed by atoms with van der Waals surface area (Å²) in [6, 6.07) is 7.63. The third-order valence-electron chi connectivity index (χ3n) is 5.29. The SMILES string of the molecule is COc1ccccc1N(C(=O)C(F)(F)F)[C@H](C(=O)NC1CCCCC1)c1ccc(C)s1. The second kappa shape index (κ2) is 9.72. The van der Waals surface area contributed by atoms with E-state index in [0.29, 0.717) is 9.78 Å². The molecule has 2 amide bonds. The molecular formula is C22H25F3N2O3S. The van der Waals surface area contributed by atoms with Crippen molar-refractivity contribution in [1.82, 2.24) is 5.32 Å². The molecule has 168 valence electrons. The molecule has 0 aliphatic heterocycles. The summed E-state index contributed by atoms with van der Waals surface area (Å²) in [7, 11) is 1.31. The summed E-state index contributed by atoms with van der Waals surface area (Å²) in [5.74, 6) is -2.67. The van der Waals surface area contributed by atoms with Gasteiger partial charge in [-0.1, -0.05) is 31.4 Å². The molecule has 5 nitrogen and oxygen atoms in total. The number of methoxy groups -OCH3 is 1. The van der Waals surface area contributed by atoms with Crippen LogP contribution in [0.3, 0.4) is 0 Å². The van der Waals surface area contributed by atoms with Crippen molar-refractivity contribution < 1.29 is 27.5 Å². The number of aryl methyl sites for hydroxylation is 1. The zero-order chi connectivity index (χ0) is 22.6.